The lowest BCUT2D eigenvalue weighted by atomic mass is 10.1. The fourth-order valence-electron chi connectivity index (χ4n) is 3.14. The van der Waals surface area contributed by atoms with E-state index >= 15 is 0 Å². The number of ether oxygens (including phenoxy) is 2. The van der Waals surface area contributed by atoms with Crippen molar-refractivity contribution < 1.29 is 31.1 Å². The van der Waals surface area contributed by atoms with Crippen LogP contribution in [-0.4, -0.2) is 38.6 Å². The summed E-state index contributed by atoms with van der Waals surface area (Å²) < 4.78 is 77.4. The van der Waals surface area contributed by atoms with Crippen LogP contribution in [0.3, 0.4) is 0 Å². The highest BCUT2D eigenvalue weighted by atomic mass is 32.2. The van der Waals surface area contributed by atoms with Crippen LogP contribution in [0.25, 0.3) is 11.4 Å². The number of anilines is 1. The number of methoxy groups -OCH3 is 1. The minimum absolute atomic E-state index is 0.0558. The van der Waals surface area contributed by atoms with Gasteiger partial charge in [-0.15, -0.1) is 0 Å². The molecule has 3 aromatic rings. The Morgan fingerprint density at radius 3 is 2.68 bits per heavy atom. The molecule has 2 heterocycles. The standard InChI is InChI=1S/C20H16F3N3O4S/c1-29-18-7-8-24-19(25-18)13-5-6-17-16(11-13)26(9-10-30-17)31(27,28)15-4-2-3-14(12-15)20(21,22)23/h2-8,11-12H,9-10H2,1H3. The minimum Gasteiger partial charge on any atom is -0.489 e. The van der Waals surface area contributed by atoms with E-state index in [0.717, 1.165) is 22.5 Å². The van der Waals surface area contributed by atoms with Crippen molar-refractivity contribution in [3.8, 4) is 23.0 Å². The largest absolute Gasteiger partial charge is 0.489 e. The summed E-state index contributed by atoms with van der Waals surface area (Å²) in [6, 6.07) is 9.97. The van der Waals surface area contributed by atoms with Gasteiger partial charge < -0.3 is 9.47 Å². The number of aromatic nitrogens is 2. The Kier molecular flexibility index (Phi) is 5.21. The van der Waals surface area contributed by atoms with Gasteiger partial charge in [-0.25, -0.2) is 13.4 Å². The zero-order chi connectivity index (χ0) is 22.2. The molecule has 162 valence electrons. The molecule has 0 radical (unpaired) electrons. The molecule has 11 heteroatoms. The molecular formula is C20H16F3N3O4S. The van der Waals surface area contributed by atoms with Crippen molar-refractivity contribution in [2.24, 2.45) is 0 Å². The second kappa shape index (κ2) is 7.73. The van der Waals surface area contributed by atoms with E-state index in [-0.39, 0.29) is 24.6 Å². The van der Waals surface area contributed by atoms with Gasteiger partial charge in [-0.05, 0) is 36.4 Å². The molecule has 0 spiro atoms. The van der Waals surface area contributed by atoms with E-state index in [0.29, 0.717) is 23.3 Å². The van der Waals surface area contributed by atoms with Gasteiger partial charge in [0.05, 0.1) is 29.8 Å². The van der Waals surface area contributed by atoms with Gasteiger partial charge in [-0.3, -0.25) is 4.31 Å². The Morgan fingerprint density at radius 2 is 1.94 bits per heavy atom. The van der Waals surface area contributed by atoms with E-state index in [1.165, 1.54) is 19.4 Å². The Labute approximate surface area is 176 Å². The first-order valence-electron chi connectivity index (χ1n) is 9.04. The highest BCUT2D eigenvalue weighted by Crippen LogP contribution is 2.39. The third-order valence-electron chi connectivity index (χ3n) is 4.63. The number of nitrogens with zero attached hydrogens (tertiary/aromatic N) is 3. The third kappa shape index (κ3) is 4.00. The molecule has 0 N–H and O–H groups in total. The van der Waals surface area contributed by atoms with E-state index in [4.69, 9.17) is 9.47 Å². The Hall–Kier alpha value is -3.34. The lowest BCUT2D eigenvalue weighted by molar-refractivity contribution is -0.137. The number of sulfonamides is 1. The summed E-state index contributed by atoms with van der Waals surface area (Å²) in [7, 11) is -2.83. The van der Waals surface area contributed by atoms with Gasteiger partial charge in [-0.2, -0.15) is 18.2 Å². The molecule has 0 bridgehead atoms. The van der Waals surface area contributed by atoms with Crippen LogP contribution in [0.5, 0.6) is 11.6 Å². The van der Waals surface area contributed by atoms with Gasteiger partial charge in [0.25, 0.3) is 10.0 Å². The summed E-state index contributed by atoms with van der Waals surface area (Å²) in [5, 5.41) is 0. The van der Waals surface area contributed by atoms with Crippen LogP contribution < -0.4 is 13.8 Å². The summed E-state index contributed by atoms with van der Waals surface area (Å²) in [6.45, 7) is -0.00576. The summed E-state index contributed by atoms with van der Waals surface area (Å²) in [6.07, 6.45) is -3.17. The predicted octanol–water partition coefficient (Wildman–Crippen LogP) is 3.76. The first-order valence-corrected chi connectivity index (χ1v) is 10.5. The predicted molar refractivity (Wildman–Crippen MR) is 105 cm³/mol. The van der Waals surface area contributed by atoms with Crippen molar-refractivity contribution in [3.63, 3.8) is 0 Å². The summed E-state index contributed by atoms with van der Waals surface area (Å²) >= 11 is 0. The topological polar surface area (TPSA) is 81.6 Å². The van der Waals surface area contributed by atoms with Crippen LogP contribution in [0.4, 0.5) is 18.9 Å². The van der Waals surface area contributed by atoms with Gasteiger partial charge in [0.15, 0.2) is 5.82 Å². The van der Waals surface area contributed by atoms with Gasteiger partial charge in [0.1, 0.15) is 12.4 Å². The molecule has 0 aliphatic carbocycles. The van der Waals surface area contributed by atoms with Gasteiger partial charge >= 0.3 is 6.18 Å². The molecule has 0 fully saturated rings. The van der Waals surface area contributed by atoms with Crippen molar-refractivity contribution in [1.29, 1.82) is 0 Å². The highest BCUT2D eigenvalue weighted by Gasteiger charge is 2.35. The van der Waals surface area contributed by atoms with Crippen molar-refractivity contribution in [2.75, 3.05) is 24.6 Å². The maximum absolute atomic E-state index is 13.2. The number of alkyl halides is 3. The molecule has 0 saturated heterocycles. The molecule has 1 aliphatic rings. The maximum atomic E-state index is 13.2. The molecular weight excluding hydrogens is 435 g/mol. The first kappa shape index (κ1) is 20.9. The van der Waals surface area contributed by atoms with Crippen LogP contribution in [0.1, 0.15) is 5.56 Å². The quantitative estimate of drug-likeness (QED) is 0.601. The first-order chi connectivity index (χ1) is 14.7. The zero-order valence-corrected chi connectivity index (χ0v) is 16.9. The third-order valence-corrected chi connectivity index (χ3v) is 6.44. The summed E-state index contributed by atoms with van der Waals surface area (Å²) in [5.74, 6) is 0.907. The Morgan fingerprint density at radius 1 is 1.13 bits per heavy atom. The van der Waals surface area contributed by atoms with E-state index in [1.807, 2.05) is 0 Å². The van der Waals surface area contributed by atoms with Gasteiger partial charge in [0, 0.05) is 17.8 Å². The maximum Gasteiger partial charge on any atom is 0.416 e. The van der Waals surface area contributed by atoms with Crippen LogP contribution in [0, 0.1) is 0 Å². The normalized spacial score (nSPS) is 14.0. The molecule has 2 aromatic carbocycles. The summed E-state index contributed by atoms with van der Waals surface area (Å²) in [4.78, 5) is 7.93. The molecule has 0 amide bonds. The fourth-order valence-corrected chi connectivity index (χ4v) is 4.63. The lowest BCUT2D eigenvalue weighted by Gasteiger charge is -2.31. The average molecular weight is 451 g/mol. The van der Waals surface area contributed by atoms with E-state index in [9.17, 15) is 21.6 Å². The molecule has 1 aromatic heterocycles. The zero-order valence-electron chi connectivity index (χ0n) is 16.1. The van der Waals surface area contributed by atoms with Crippen molar-refractivity contribution >= 4 is 15.7 Å². The number of halogens is 3. The molecule has 0 atom stereocenters. The number of rotatable bonds is 4. The van der Waals surface area contributed by atoms with Gasteiger partial charge in [-0.1, -0.05) is 6.07 Å². The van der Waals surface area contributed by atoms with E-state index < -0.39 is 26.7 Å². The Balaban J connectivity index is 1.78. The van der Waals surface area contributed by atoms with E-state index in [2.05, 4.69) is 9.97 Å². The Bertz CT molecular complexity index is 1230. The molecule has 1 aliphatic heterocycles. The highest BCUT2D eigenvalue weighted by molar-refractivity contribution is 7.92. The molecule has 0 unspecified atom stereocenters. The van der Waals surface area contributed by atoms with Crippen molar-refractivity contribution in [3.05, 3.63) is 60.3 Å². The average Bonchev–Trinajstić information content (AvgIpc) is 2.77. The minimum atomic E-state index is -4.66. The summed E-state index contributed by atoms with van der Waals surface area (Å²) in [5.41, 5.74) is -0.361. The van der Waals surface area contributed by atoms with Crippen LogP contribution in [0.15, 0.2) is 59.6 Å². The number of fused-ring (bicyclic) bond motifs is 1. The van der Waals surface area contributed by atoms with Crippen LogP contribution >= 0.6 is 0 Å². The van der Waals surface area contributed by atoms with Crippen LogP contribution in [0.2, 0.25) is 0 Å². The molecule has 4 rings (SSSR count). The second-order valence-electron chi connectivity index (χ2n) is 6.56. The SMILES string of the molecule is COc1ccnc(-c2ccc3c(c2)N(S(=O)(=O)c2cccc(C(F)(F)F)c2)CCO3)n1. The number of hydrogen-bond acceptors (Lipinski definition) is 6. The number of benzene rings is 2. The van der Waals surface area contributed by atoms with Gasteiger partial charge in [0.2, 0.25) is 5.88 Å². The van der Waals surface area contributed by atoms with Crippen molar-refractivity contribution in [2.45, 2.75) is 11.1 Å². The van der Waals surface area contributed by atoms with Crippen molar-refractivity contribution in [1.82, 2.24) is 9.97 Å². The molecule has 7 nitrogen and oxygen atoms in total. The number of hydrogen-bond donors (Lipinski definition) is 0. The lowest BCUT2D eigenvalue weighted by Crippen LogP contribution is -2.38. The van der Waals surface area contributed by atoms with E-state index in [1.54, 1.807) is 18.2 Å². The monoisotopic (exact) mass is 451 g/mol. The fraction of sp³-hybridized carbons (Fsp3) is 0.200. The smallest absolute Gasteiger partial charge is 0.416 e. The molecule has 0 saturated carbocycles. The second-order valence-corrected chi connectivity index (χ2v) is 8.42. The molecule has 31 heavy (non-hydrogen) atoms. The van der Waals surface area contributed by atoms with Crippen LogP contribution in [-0.2, 0) is 16.2 Å².